The summed E-state index contributed by atoms with van der Waals surface area (Å²) in [4.78, 5) is 0. The van der Waals surface area contributed by atoms with Crippen molar-refractivity contribution in [1.29, 1.82) is 0 Å². The van der Waals surface area contributed by atoms with E-state index in [2.05, 4.69) is 4.72 Å². The minimum Gasteiger partial charge on any atom is -0.215 e. The normalized spacial score (nSPS) is 10.3. The van der Waals surface area contributed by atoms with Crippen molar-refractivity contribution >= 4 is 10.9 Å². The highest BCUT2D eigenvalue weighted by Crippen LogP contribution is 1.98. The third-order valence-electron chi connectivity index (χ3n) is 1.14. The van der Waals surface area contributed by atoms with Gasteiger partial charge < -0.3 is 0 Å². The van der Waals surface area contributed by atoms with Crippen LogP contribution in [0, 0.1) is 6.54 Å². The molecule has 1 aromatic carbocycles. The highest BCUT2D eigenvalue weighted by atomic mass is 32.2. The van der Waals surface area contributed by atoms with Gasteiger partial charge in [-0.2, -0.15) is 0 Å². The van der Waals surface area contributed by atoms with Crippen molar-refractivity contribution in [3.05, 3.63) is 42.4 Å². The Kier molecular flexibility index (Phi) is 3.07. The second kappa shape index (κ2) is 4.10. The van der Waals surface area contributed by atoms with Crippen molar-refractivity contribution in [2.24, 2.45) is 0 Å². The summed E-state index contributed by atoms with van der Waals surface area (Å²) < 4.78 is 22.3. The first-order chi connectivity index (χ1) is 5.29. The molecule has 1 aromatic rings. The van der Waals surface area contributed by atoms with E-state index in [0.717, 1.165) is 5.56 Å². The van der Waals surface area contributed by atoms with E-state index in [4.69, 9.17) is 0 Å². The highest BCUT2D eigenvalue weighted by Gasteiger charge is 1.89. The third-order valence-corrected chi connectivity index (χ3v) is 1.48. The van der Waals surface area contributed by atoms with Gasteiger partial charge in [-0.25, -0.2) is 13.1 Å². The number of benzene rings is 1. The van der Waals surface area contributed by atoms with Crippen LogP contribution in [-0.4, -0.2) is 8.42 Å². The third kappa shape index (κ3) is 3.15. The van der Waals surface area contributed by atoms with Gasteiger partial charge in [-0.3, -0.25) is 0 Å². The number of hydrogen-bond donors (Lipinski definition) is 2. The lowest BCUT2D eigenvalue weighted by Gasteiger charge is -1.94. The summed E-state index contributed by atoms with van der Waals surface area (Å²) in [5, 5.41) is 0. The SMILES string of the molecule is O=[SH](=O)N[CH]c1ccccc1. The molecule has 0 bridgehead atoms. The molecule has 59 valence electrons. The molecule has 0 spiro atoms. The summed E-state index contributed by atoms with van der Waals surface area (Å²) in [6, 6.07) is 9.17. The maximum Gasteiger partial charge on any atom is 0.202 e. The van der Waals surface area contributed by atoms with Crippen molar-refractivity contribution in [2.45, 2.75) is 0 Å². The van der Waals surface area contributed by atoms with Crippen LogP contribution in [0.1, 0.15) is 5.56 Å². The van der Waals surface area contributed by atoms with E-state index in [-0.39, 0.29) is 0 Å². The maximum atomic E-state index is 10.1. The maximum absolute atomic E-state index is 10.1. The molecule has 1 rings (SSSR count). The molecule has 0 amide bonds. The highest BCUT2D eigenvalue weighted by molar-refractivity contribution is 7.70. The molecule has 0 saturated heterocycles. The number of thiol groups is 1. The van der Waals surface area contributed by atoms with Crippen LogP contribution in [0.15, 0.2) is 30.3 Å². The van der Waals surface area contributed by atoms with Crippen molar-refractivity contribution in [3.63, 3.8) is 0 Å². The lowest BCUT2D eigenvalue weighted by atomic mass is 10.2. The van der Waals surface area contributed by atoms with Gasteiger partial charge >= 0.3 is 0 Å². The second-order valence-corrected chi connectivity index (χ2v) is 2.71. The molecule has 1 N–H and O–H groups in total. The molecule has 0 aromatic heterocycles. The first-order valence-electron chi connectivity index (χ1n) is 3.08. The lowest BCUT2D eigenvalue weighted by molar-refractivity contribution is 0.608. The van der Waals surface area contributed by atoms with E-state index in [0.29, 0.717) is 0 Å². The molecule has 0 unspecified atom stereocenters. The van der Waals surface area contributed by atoms with Gasteiger partial charge in [-0.05, 0) is 5.56 Å². The van der Waals surface area contributed by atoms with Crippen LogP contribution < -0.4 is 4.72 Å². The lowest BCUT2D eigenvalue weighted by Crippen LogP contribution is -2.06. The second-order valence-electron chi connectivity index (χ2n) is 1.94. The molecule has 0 aliphatic carbocycles. The van der Waals surface area contributed by atoms with Gasteiger partial charge in [-0.1, -0.05) is 30.3 Å². The quantitative estimate of drug-likeness (QED) is 0.641. The minimum absolute atomic E-state index is 0.840. The van der Waals surface area contributed by atoms with Crippen LogP contribution in [0.5, 0.6) is 0 Å². The first kappa shape index (κ1) is 8.23. The van der Waals surface area contributed by atoms with Crippen molar-refractivity contribution in [1.82, 2.24) is 4.72 Å². The predicted molar refractivity (Wildman–Crippen MR) is 43.3 cm³/mol. The molecular formula is C7H8NO2S. The number of rotatable bonds is 3. The van der Waals surface area contributed by atoms with Crippen molar-refractivity contribution < 1.29 is 8.42 Å². The van der Waals surface area contributed by atoms with Crippen LogP contribution in [0.4, 0.5) is 0 Å². The fourth-order valence-corrected chi connectivity index (χ4v) is 0.931. The largest absolute Gasteiger partial charge is 0.215 e. The van der Waals surface area contributed by atoms with Crippen LogP contribution in [-0.2, 0) is 10.9 Å². The molecule has 0 aliphatic heterocycles. The van der Waals surface area contributed by atoms with E-state index >= 15 is 0 Å². The Balaban J connectivity index is 2.52. The zero-order valence-corrected chi connectivity index (χ0v) is 6.62. The molecule has 0 heterocycles. The Bertz CT molecular complexity index is 274. The first-order valence-corrected chi connectivity index (χ1v) is 4.25. The topological polar surface area (TPSA) is 46.2 Å². The smallest absolute Gasteiger partial charge is 0.202 e. The Morgan fingerprint density at radius 2 is 1.82 bits per heavy atom. The molecule has 0 fully saturated rings. The van der Waals surface area contributed by atoms with E-state index < -0.39 is 10.9 Å². The molecule has 0 saturated carbocycles. The van der Waals surface area contributed by atoms with Crippen LogP contribution in [0.3, 0.4) is 0 Å². The van der Waals surface area contributed by atoms with E-state index in [1.54, 1.807) is 0 Å². The molecule has 1 radical (unpaired) electrons. The summed E-state index contributed by atoms with van der Waals surface area (Å²) >= 11 is 0. The molecular weight excluding hydrogens is 162 g/mol. The molecule has 11 heavy (non-hydrogen) atoms. The summed E-state index contributed by atoms with van der Waals surface area (Å²) in [5.41, 5.74) is 0.840. The Labute approximate surface area is 67.1 Å². The van der Waals surface area contributed by atoms with Gasteiger partial charge in [0.15, 0.2) is 0 Å². The summed E-state index contributed by atoms with van der Waals surface area (Å²) in [6.07, 6.45) is 0. The van der Waals surface area contributed by atoms with Gasteiger partial charge in [-0.15, -0.1) is 0 Å². The van der Waals surface area contributed by atoms with Crippen LogP contribution >= 0.6 is 0 Å². The molecule has 0 atom stereocenters. The average molecular weight is 170 g/mol. The Morgan fingerprint density at radius 1 is 1.18 bits per heavy atom. The van der Waals surface area contributed by atoms with Gasteiger partial charge in [0.05, 0.1) is 6.54 Å². The van der Waals surface area contributed by atoms with Gasteiger partial charge in [0.1, 0.15) is 0 Å². The van der Waals surface area contributed by atoms with Gasteiger partial charge in [0.2, 0.25) is 10.9 Å². The van der Waals surface area contributed by atoms with Crippen molar-refractivity contribution in [3.8, 4) is 0 Å². The van der Waals surface area contributed by atoms with E-state index in [9.17, 15) is 8.42 Å². The fraction of sp³-hybridized carbons (Fsp3) is 0. The summed E-state index contributed by atoms with van der Waals surface area (Å²) in [7, 11) is -2.53. The number of nitrogens with one attached hydrogen (secondary N) is 1. The summed E-state index contributed by atoms with van der Waals surface area (Å²) in [6.45, 7) is 1.44. The van der Waals surface area contributed by atoms with Crippen LogP contribution in [0.2, 0.25) is 0 Å². The Morgan fingerprint density at radius 3 is 2.36 bits per heavy atom. The van der Waals surface area contributed by atoms with Crippen LogP contribution in [0.25, 0.3) is 0 Å². The minimum atomic E-state index is -2.53. The zero-order valence-electron chi connectivity index (χ0n) is 5.73. The van der Waals surface area contributed by atoms with Gasteiger partial charge in [0.25, 0.3) is 0 Å². The monoisotopic (exact) mass is 170 g/mol. The van der Waals surface area contributed by atoms with E-state index in [1.807, 2.05) is 30.3 Å². The fourth-order valence-electron chi connectivity index (χ4n) is 0.677. The van der Waals surface area contributed by atoms with E-state index in [1.165, 1.54) is 6.54 Å². The van der Waals surface area contributed by atoms with Gasteiger partial charge in [0, 0.05) is 0 Å². The standard InChI is InChI=1S/C7H8NO2S/c9-11(10)8-6-7-4-2-1-3-5-7/h1-6,11H,(H,8,9,10). The predicted octanol–water partition coefficient (Wildman–Crippen LogP) is 0.312. The molecule has 0 aliphatic rings. The number of hydrogen-bond acceptors (Lipinski definition) is 2. The zero-order chi connectivity index (χ0) is 8.10. The molecule has 3 nitrogen and oxygen atoms in total. The average Bonchev–Trinajstić information content (AvgIpc) is 2.03. The Hall–Kier alpha value is -0.870. The summed E-state index contributed by atoms with van der Waals surface area (Å²) in [5.74, 6) is 0. The molecule has 4 heteroatoms. The van der Waals surface area contributed by atoms with Crippen molar-refractivity contribution in [2.75, 3.05) is 0 Å².